The minimum atomic E-state index is -0.586. The van der Waals surface area contributed by atoms with Crippen molar-refractivity contribution in [2.24, 2.45) is 0 Å². The highest BCUT2D eigenvalue weighted by Gasteiger charge is 2.09. The fourth-order valence-electron chi connectivity index (χ4n) is 1.61. The average molecular weight is 244 g/mol. The van der Waals surface area contributed by atoms with Crippen molar-refractivity contribution in [3.63, 3.8) is 0 Å². The van der Waals surface area contributed by atoms with Crippen molar-refractivity contribution >= 4 is 11.4 Å². The van der Waals surface area contributed by atoms with Crippen LogP contribution in [0.25, 0.3) is 0 Å². The number of aryl methyl sites for hydroxylation is 1. The van der Waals surface area contributed by atoms with Gasteiger partial charge in [0.05, 0.1) is 23.0 Å². The van der Waals surface area contributed by atoms with Crippen molar-refractivity contribution in [2.45, 2.75) is 6.92 Å². The second kappa shape index (κ2) is 4.84. The largest absolute Gasteiger partial charge is 0.351 e. The van der Waals surface area contributed by atoms with Crippen molar-refractivity contribution in [2.75, 3.05) is 5.32 Å². The average Bonchev–Trinajstić information content (AvgIpc) is 2.35. The van der Waals surface area contributed by atoms with E-state index in [-0.39, 0.29) is 16.9 Å². The predicted molar refractivity (Wildman–Crippen MR) is 65.5 cm³/mol. The van der Waals surface area contributed by atoms with Gasteiger partial charge in [-0.3, -0.25) is 0 Å². The van der Waals surface area contributed by atoms with Crippen molar-refractivity contribution in [3.05, 3.63) is 59.2 Å². The number of para-hydroxylation sites is 1. The van der Waals surface area contributed by atoms with Gasteiger partial charge in [0.2, 0.25) is 0 Å². The van der Waals surface area contributed by atoms with Gasteiger partial charge in [-0.2, -0.15) is 5.26 Å². The lowest BCUT2D eigenvalue weighted by Crippen LogP contribution is -1.99. The van der Waals surface area contributed by atoms with Crippen LogP contribution in [0.5, 0.6) is 0 Å². The smallest absolute Gasteiger partial charge is 0.147 e. The number of hydrogen-bond acceptors (Lipinski definition) is 2. The molecule has 1 N–H and O–H groups in total. The van der Waals surface area contributed by atoms with Crippen LogP contribution in [0.3, 0.4) is 0 Å². The van der Waals surface area contributed by atoms with Crippen molar-refractivity contribution in [1.29, 1.82) is 5.26 Å². The van der Waals surface area contributed by atoms with E-state index in [1.807, 2.05) is 6.07 Å². The van der Waals surface area contributed by atoms with Gasteiger partial charge in [-0.05, 0) is 36.8 Å². The third kappa shape index (κ3) is 2.30. The van der Waals surface area contributed by atoms with E-state index in [4.69, 9.17) is 5.26 Å². The maximum absolute atomic E-state index is 13.7. The molecule has 2 nitrogen and oxygen atoms in total. The molecule has 0 heterocycles. The van der Waals surface area contributed by atoms with Crippen LogP contribution in [-0.4, -0.2) is 0 Å². The zero-order chi connectivity index (χ0) is 13.1. The number of nitrogens with one attached hydrogen (secondary N) is 1. The van der Waals surface area contributed by atoms with E-state index in [0.29, 0.717) is 5.56 Å². The van der Waals surface area contributed by atoms with E-state index in [2.05, 4.69) is 5.32 Å². The van der Waals surface area contributed by atoms with Crippen LogP contribution in [0, 0.1) is 29.9 Å². The lowest BCUT2D eigenvalue weighted by atomic mass is 10.1. The Kier molecular flexibility index (Phi) is 3.24. The fraction of sp³-hybridized carbons (Fsp3) is 0.0714. The first kappa shape index (κ1) is 12.1. The SMILES string of the molecule is Cc1cccc(F)c1Nc1ccc(C#N)cc1F. The number of nitriles is 1. The molecule has 18 heavy (non-hydrogen) atoms. The summed E-state index contributed by atoms with van der Waals surface area (Å²) in [7, 11) is 0. The zero-order valence-corrected chi connectivity index (χ0v) is 9.67. The molecule has 0 fully saturated rings. The van der Waals surface area contributed by atoms with E-state index in [0.717, 1.165) is 6.07 Å². The minimum Gasteiger partial charge on any atom is -0.351 e. The first-order chi connectivity index (χ1) is 8.61. The fourth-order valence-corrected chi connectivity index (χ4v) is 1.61. The van der Waals surface area contributed by atoms with Gasteiger partial charge in [0.1, 0.15) is 11.6 Å². The Morgan fingerprint density at radius 2 is 1.89 bits per heavy atom. The van der Waals surface area contributed by atoms with Crippen molar-refractivity contribution in [1.82, 2.24) is 0 Å². The molecule has 0 aliphatic rings. The van der Waals surface area contributed by atoms with E-state index in [1.54, 1.807) is 19.1 Å². The summed E-state index contributed by atoms with van der Waals surface area (Å²) in [5.41, 5.74) is 1.28. The molecule has 0 atom stereocenters. The van der Waals surface area contributed by atoms with Gasteiger partial charge in [-0.1, -0.05) is 12.1 Å². The first-order valence-corrected chi connectivity index (χ1v) is 5.33. The molecule has 2 aromatic rings. The normalized spacial score (nSPS) is 9.89. The molecule has 0 saturated heterocycles. The van der Waals surface area contributed by atoms with E-state index in [9.17, 15) is 8.78 Å². The highest BCUT2D eigenvalue weighted by atomic mass is 19.1. The molecule has 90 valence electrons. The first-order valence-electron chi connectivity index (χ1n) is 5.33. The summed E-state index contributed by atoms with van der Waals surface area (Å²) in [6.45, 7) is 1.73. The number of nitrogens with zero attached hydrogens (tertiary/aromatic N) is 1. The van der Waals surface area contributed by atoms with Gasteiger partial charge in [0, 0.05) is 0 Å². The molecule has 0 unspecified atom stereocenters. The second-order valence-electron chi connectivity index (χ2n) is 3.86. The summed E-state index contributed by atoms with van der Waals surface area (Å²) < 4.78 is 27.2. The van der Waals surface area contributed by atoms with Crippen LogP contribution < -0.4 is 5.32 Å². The van der Waals surface area contributed by atoms with Gasteiger partial charge in [-0.15, -0.1) is 0 Å². The monoisotopic (exact) mass is 244 g/mol. The van der Waals surface area contributed by atoms with Gasteiger partial charge >= 0.3 is 0 Å². The van der Waals surface area contributed by atoms with Gasteiger partial charge < -0.3 is 5.32 Å². The highest BCUT2D eigenvalue weighted by molar-refractivity contribution is 5.64. The maximum Gasteiger partial charge on any atom is 0.147 e. The number of benzene rings is 2. The second-order valence-corrected chi connectivity index (χ2v) is 3.86. The van der Waals surface area contributed by atoms with Crippen molar-refractivity contribution < 1.29 is 8.78 Å². The molecule has 0 amide bonds. The molecule has 2 rings (SSSR count). The molecule has 4 heteroatoms. The van der Waals surface area contributed by atoms with Gasteiger partial charge in [-0.25, -0.2) is 8.78 Å². The standard InChI is InChI=1S/C14H10F2N2/c1-9-3-2-4-11(15)14(9)18-13-6-5-10(8-17)7-12(13)16/h2-7,18H,1H3. The Bertz CT molecular complexity index is 610. The number of anilines is 2. The van der Waals surface area contributed by atoms with Crippen LogP contribution in [0.15, 0.2) is 36.4 Å². The quantitative estimate of drug-likeness (QED) is 0.869. The van der Waals surface area contributed by atoms with Crippen LogP contribution >= 0.6 is 0 Å². The maximum atomic E-state index is 13.7. The topological polar surface area (TPSA) is 35.8 Å². The Morgan fingerprint density at radius 3 is 2.50 bits per heavy atom. The third-order valence-electron chi connectivity index (χ3n) is 2.58. The highest BCUT2D eigenvalue weighted by Crippen LogP contribution is 2.25. The van der Waals surface area contributed by atoms with E-state index in [1.165, 1.54) is 18.2 Å². The number of halogens is 2. The number of rotatable bonds is 2. The van der Waals surface area contributed by atoms with Crippen LogP contribution in [0.1, 0.15) is 11.1 Å². The predicted octanol–water partition coefficient (Wildman–Crippen LogP) is 3.89. The van der Waals surface area contributed by atoms with Crippen molar-refractivity contribution in [3.8, 4) is 6.07 Å². The molecule has 0 radical (unpaired) electrons. The molecular weight excluding hydrogens is 234 g/mol. The molecule has 0 bridgehead atoms. The van der Waals surface area contributed by atoms with Gasteiger partial charge in [0.15, 0.2) is 0 Å². The van der Waals surface area contributed by atoms with Crippen LogP contribution in [-0.2, 0) is 0 Å². The van der Waals surface area contributed by atoms with Gasteiger partial charge in [0.25, 0.3) is 0 Å². The Hall–Kier alpha value is -2.41. The van der Waals surface area contributed by atoms with Crippen LogP contribution in [0.4, 0.5) is 20.2 Å². The lowest BCUT2D eigenvalue weighted by molar-refractivity contribution is 0.624. The zero-order valence-electron chi connectivity index (χ0n) is 9.67. The Labute approximate surface area is 103 Å². The summed E-state index contributed by atoms with van der Waals surface area (Å²) >= 11 is 0. The van der Waals surface area contributed by atoms with Crippen LogP contribution in [0.2, 0.25) is 0 Å². The molecular formula is C14H10F2N2. The molecule has 0 aromatic heterocycles. The minimum absolute atomic E-state index is 0.141. The summed E-state index contributed by atoms with van der Waals surface area (Å²) in [4.78, 5) is 0. The molecule has 0 spiro atoms. The molecule has 0 aliphatic heterocycles. The third-order valence-corrected chi connectivity index (χ3v) is 2.58. The lowest BCUT2D eigenvalue weighted by Gasteiger charge is -2.11. The van der Waals surface area contributed by atoms with E-state index < -0.39 is 11.6 Å². The Morgan fingerprint density at radius 1 is 1.11 bits per heavy atom. The number of hydrogen-bond donors (Lipinski definition) is 1. The molecule has 0 saturated carbocycles. The summed E-state index contributed by atoms with van der Waals surface area (Å²) in [5, 5.41) is 11.3. The molecule has 0 aliphatic carbocycles. The van der Waals surface area contributed by atoms with E-state index >= 15 is 0 Å². The summed E-state index contributed by atoms with van der Waals surface area (Å²) in [6.07, 6.45) is 0. The summed E-state index contributed by atoms with van der Waals surface area (Å²) in [5.74, 6) is -1.03. The summed E-state index contributed by atoms with van der Waals surface area (Å²) in [6, 6.07) is 10.5. The Balaban J connectivity index is 2.38. The molecule has 2 aromatic carbocycles.